The minimum Gasteiger partial charge on any atom is -0.872 e. The van der Waals surface area contributed by atoms with Crippen molar-refractivity contribution >= 4 is 11.0 Å². The van der Waals surface area contributed by atoms with E-state index in [1.807, 2.05) is 0 Å². The lowest BCUT2D eigenvalue weighted by atomic mass is 10.1. The van der Waals surface area contributed by atoms with Crippen LogP contribution in [0.15, 0.2) is 45.6 Å². The maximum Gasteiger partial charge on any atom is 0.234 e. The van der Waals surface area contributed by atoms with Gasteiger partial charge in [-0.3, -0.25) is 4.79 Å². The predicted octanol–water partition coefficient (Wildman–Crippen LogP) is -0.237. The molecule has 2 heterocycles. The molecule has 10 heteroatoms. The summed E-state index contributed by atoms with van der Waals surface area (Å²) in [5.41, 5.74) is -0.801. The number of benzene rings is 2. The van der Waals surface area contributed by atoms with Gasteiger partial charge in [0.1, 0.15) is 35.4 Å². The molecule has 0 radical (unpaired) electrons. The minimum absolute atomic E-state index is 0.0491. The van der Waals surface area contributed by atoms with Crippen molar-refractivity contribution in [2.24, 2.45) is 0 Å². The molecule has 1 aliphatic rings. The molecule has 0 saturated carbocycles. The van der Waals surface area contributed by atoms with Gasteiger partial charge in [0.25, 0.3) is 0 Å². The van der Waals surface area contributed by atoms with Gasteiger partial charge in [0, 0.05) is 11.6 Å². The number of aliphatic hydroxyl groups excluding tert-OH is 3. The highest BCUT2D eigenvalue weighted by atomic mass is 16.7. The van der Waals surface area contributed by atoms with Crippen molar-refractivity contribution in [1.29, 1.82) is 0 Å². The Morgan fingerprint density at radius 1 is 1.00 bits per heavy atom. The first kappa shape index (κ1) is 20.0. The molecule has 0 amide bonds. The maximum absolute atomic E-state index is 13.1. The van der Waals surface area contributed by atoms with Gasteiger partial charge in [-0.25, -0.2) is 0 Å². The first-order chi connectivity index (χ1) is 14.3. The van der Waals surface area contributed by atoms with E-state index in [1.54, 1.807) is 0 Å². The molecule has 1 aliphatic heterocycles. The van der Waals surface area contributed by atoms with Crippen LogP contribution in [0, 0.1) is 0 Å². The Morgan fingerprint density at radius 3 is 2.40 bits per heavy atom. The third kappa shape index (κ3) is 3.42. The second-order valence-corrected chi connectivity index (χ2v) is 6.82. The van der Waals surface area contributed by atoms with Gasteiger partial charge in [0.05, 0.1) is 12.0 Å². The van der Waals surface area contributed by atoms with Gasteiger partial charge in [-0.1, -0.05) is 5.75 Å². The summed E-state index contributed by atoms with van der Waals surface area (Å²) in [6, 6.07) is 7.44. The van der Waals surface area contributed by atoms with E-state index < -0.39 is 52.7 Å². The SMILES string of the molecule is O=c1c(O[C@@H]2OC[C@@H](O)[C@H](O)[C@H]2O)c(-c2ccc(O)cc2)oc2cc(O)cc([O-])c12. The average Bonchev–Trinajstić information content (AvgIpc) is 2.70. The first-order valence-electron chi connectivity index (χ1n) is 8.89. The van der Waals surface area contributed by atoms with Crippen LogP contribution in [-0.4, -0.2) is 56.7 Å². The number of hydrogen-bond donors (Lipinski definition) is 5. The maximum atomic E-state index is 13.1. The number of hydrogen-bond acceptors (Lipinski definition) is 10. The Morgan fingerprint density at radius 2 is 1.70 bits per heavy atom. The fraction of sp³-hybridized carbons (Fsp3) is 0.250. The smallest absolute Gasteiger partial charge is 0.234 e. The van der Waals surface area contributed by atoms with Crippen LogP contribution >= 0.6 is 0 Å². The normalized spacial score (nSPS) is 24.1. The molecule has 0 unspecified atom stereocenters. The molecule has 1 aromatic heterocycles. The summed E-state index contributed by atoms with van der Waals surface area (Å²) < 4.78 is 16.4. The van der Waals surface area contributed by atoms with Crippen LogP contribution in [0.2, 0.25) is 0 Å². The highest BCUT2D eigenvalue weighted by Gasteiger charge is 2.40. The summed E-state index contributed by atoms with van der Waals surface area (Å²) in [5.74, 6) is -1.89. The summed E-state index contributed by atoms with van der Waals surface area (Å²) in [7, 11) is 0. The number of phenolic OH excluding ortho intramolecular Hbond substituents is 2. The summed E-state index contributed by atoms with van der Waals surface area (Å²) in [5, 5.41) is 60.7. The van der Waals surface area contributed by atoms with Crippen molar-refractivity contribution in [2.45, 2.75) is 24.6 Å². The standard InChI is InChI=1S/C20H18O10/c21-9-3-1-8(2-4-9)18-19(30-20-17(27)15(25)12(24)7-28-20)16(26)14-11(23)5-10(22)6-13(14)29-18/h1-6,12,15,17,20-25,27H,7H2/p-1/t12-,15+,17-,20+/m1/s1. The van der Waals surface area contributed by atoms with Gasteiger partial charge in [-0.2, -0.15) is 0 Å². The molecule has 1 fully saturated rings. The lowest BCUT2D eigenvalue weighted by molar-refractivity contribution is -0.266. The molecular formula is C20H17O10-. The number of ether oxygens (including phenoxy) is 2. The molecule has 158 valence electrons. The van der Waals surface area contributed by atoms with Gasteiger partial charge in [0.15, 0.2) is 5.76 Å². The largest absolute Gasteiger partial charge is 0.872 e. The number of aliphatic hydroxyl groups is 3. The Kier molecular flexibility index (Phi) is 5.00. The molecule has 3 aromatic rings. The zero-order valence-electron chi connectivity index (χ0n) is 15.3. The van der Waals surface area contributed by atoms with E-state index in [4.69, 9.17) is 13.9 Å². The highest BCUT2D eigenvalue weighted by molar-refractivity contribution is 5.88. The molecule has 1 saturated heterocycles. The molecule has 30 heavy (non-hydrogen) atoms. The zero-order chi connectivity index (χ0) is 21.6. The van der Waals surface area contributed by atoms with E-state index in [-0.39, 0.29) is 29.3 Å². The number of rotatable bonds is 3. The van der Waals surface area contributed by atoms with Crippen LogP contribution in [-0.2, 0) is 4.74 Å². The van der Waals surface area contributed by atoms with Crippen molar-refractivity contribution in [3.63, 3.8) is 0 Å². The van der Waals surface area contributed by atoms with Gasteiger partial charge < -0.3 is 44.5 Å². The summed E-state index contributed by atoms with van der Waals surface area (Å²) in [6.45, 7) is -0.364. The van der Waals surface area contributed by atoms with E-state index in [9.17, 15) is 35.4 Å². The van der Waals surface area contributed by atoms with E-state index in [1.165, 1.54) is 24.3 Å². The minimum atomic E-state index is -1.69. The quantitative estimate of drug-likeness (QED) is 0.383. The monoisotopic (exact) mass is 417 g/mol. The third-order valence-corrected chi connectivity index (χ3v) is 4.72. The van der Waals surface area contributed by atoms with Crippen molar-refractivity contribution < 1.29 is 44.5 Å². The Hall–Kier alpha value is -3.31. The first-order valence-corrected chi connectivity index (χ1v) is 8.89. The zero-order valence-corrected chi connectivity index (χ0v) is 15.3. The van der Waals surface area contributed by atoms with Crippen molar-refractivity contribution in [3.05, 3.63) is 46.6 Å². The summed E-state index contributed by atoms with van der Waals surface area (Å²) in [4.78, 5) is 13.1. The summed E-state index contributed by atoms with van der Waals surface area (Å²) >= 11 is 0. The van der Waals surface area contributed by atoms with E-state index >= 15 is 0 Å². The molecule has 2 aromatic carbocycles. The topological polar surface area (TPSA) is 173 Å². The molecule has 5 N–H and O–H groups in total. The lowest BCUT2D eigenvalue weighted by Gasteiger charge is -2.35. The van der Waals surface area contributed by atoms with Crippen molar-refractivity contribution in [2.75, 3.05) is 6.61 Å². The van der Waals surface area contributed by atoms with Crippen LogP contribution in [0.5, 0.6) is 23.0 Å². The highest BCUT2D eigenvalue weighted by Crippen LogP contribution is 2.36. The predicted molar refractivity (Wildman–Crippen MR) is 99.1 cm³/mol. The van der Waals surface area contributed by atoms with Gasteiger partial charge in [0.2, 0.25) is 17.5 Å². The van der Waals surface area contributed by atoms with Crippen LogP contribution in [0.4, 0.5) is 0 Å². The van der Waals surface area contributed by atoms with Crippen LogP contribution in [0.25, 0.3) is 22.3 Å². The van der Waals surface area contributed by atoms with Crippen molar-refractivity contribution in [1.82, 2.24) is 0 Å². The van der Waals surface area contributed by atoms with Gasteiger partial charge >= 0.3 is 0 Å². The van der Waals surface area contributed by atoms with E-state index in [2.05, 4.69) is 0 Å². The molecule has 0 bridgehead atoms. The fourth-order valence-electron chi connectivity index (χ4n) is 3.16. The Bertz CT molecular complexity index is 1140. The number of aromatic hydroxyl groups is 2. The molecule has 0 aliphatic carbocycles. The second-order valence-electron chi connectivity index (χ2n) is 6.82. The molecule has 4 rings (SSSR count). The third-order valence-electron chi connectivity index (χ3n) is 4.72. The molecule has 0 spiro atoms. The molecule has 10 nitrogen and oxygen atoms in total. The van der Waals surface area contributed by atoms with Crippen LogP contribution < -0.4 is 15.3 Å². The number of fused-ring (bicyclic) bond motifs is 1. The van der Waals surface area contributed by atoms with E-state index in [0.29, 0.717) is 0 Å². The van der Waals surface area contributed by atoms with Crippen LogP contribution in [0.1, 0.15) is 0 Å². The fourth-order valence-corrected chi connectivity index (χ4v) is 3.16. The molecular weight excluding hydrogens is 400 g/mol. The molecule has 4 atom stereocenters. The van der Waals surface area contributed by atoms with Gasteiger partial charge in [-0.05, 0) is 30.3 Å². The van der Waals surface area contributed by atoms with Gasteiger partial charge in [-0.15, -0.1) is 0 Å². The Labute approximate surface area is 168 Å². The number of phenols is 2. The van der Waals surface area contributed by atoms with Crippen molar-refractivity contribution in [3.8, 4) is 34.3 Å². The Balaban J connectivity index is 1.90. The summed E-state index contributed by atoms with van der Waals surface area (Å²) in [6.07, 6.45) is -6.16. The lowest BCUT2D eigenvalue weighted by Crippen LogP contribution is -2.55. The van der Waals surface area contributed by atoms with E-state index in [0.717, 1.165) is 12.1 Å². The van der Waals surface area contributed by atoms with Crippen LogP contribution in [0.3, 0.4) is 0 Å². The average molecular weight is 417 g/mol. The second kappa shape index (κ2) is 7.50.